The van der Waals surface area contributed by atoms with E-state index in [1.54, 1.807) is 29.4 Å². The summed E-state index contributed by atoms with van der Waals surface area (Å²) >= 11 is 0. The molecule has 0 aliphatic carbocycles. The molecule has 2 aromatic rings. The first kappa shape index (κ1) is 19.6. The smallest absolute Gasteiger partial charge is 0.227 e. The number of hydrogen-bond acceptors (Lipinski definition) is 3. The molecule has 2 amide bonds. The lowest BCUT2D eigenvalue weighted by molar-refractivity contribution is -0.141. The number of pyridine rings is 1. The number of piperidine rings is 1. The Labute approximate surface area is 170 Å². The van der Waals surface area contributed by atoms with Crippen LogP contribution in [0.4, 0.5) is 4.39 Å². The molecule has 1 aromatic carbocycles. The second kappa shape index (κ2) is 8.72. The van der Waals surface area contributed by atoms with Crippen molar-refractivity contribution in [3.8, 4) is 0 Å². The lowest BCUT2D eigenvalue weighted by atomic mass is 9.95. The number of hydrogen-bond donors (Lipinski definition) is 0. The Balaban J connectivity index is 1.40. The Morgan fingerprint density at radius 1 is 1.00 bits per heavy atom. The molecular formula is C23H26FN3O2. The van der Waals surface area contributed by atoms with Crippen molar-refractivity contribution in [1.82, 2.24) is 14.8 Å². The third-order valence-corrected chi connectivity index (χ3v) is 6.02. The average molecular weight is 395 g/mol. The summed E-state index contributed by atoms with van der Waals surface area (Å²) in [6.45, 7) is 1.92. The molecule has 4 rings (SSSR count). The minimum atomic E-state index is -0.306. The Bertz CT molecular complexity index is 856. The van der Waals surface area contributed by atoms with Gasteiger partial charge >= 0.3 is 0 Å². The summed E-state index contributed by atoms with van der Waals surface area (Å²) in [7, 11) is 0. The zero-order valence-electron chi connectivity index (χ0n) is 16.5. The maximum atomic E-state index is 13.3. The Kier molecular flexibility index (Phi) is 5.88. The van der Waals surface area contributed by atoms with E-state index in [0.717, 1.165) is 43.4 Å². The van der Waals surface area contributed by atoms with Crippen molar-refractivity contribution in [2.24, 2.45) is 5.92 Å². The lowest BCUT2D eigenvalue weighted by Gasteiger charge is -2.36. The minimum absolute atomic E-state index is 0.00112. The normalized spacial score (nSPS) is 22.0. The highest BCUT2D eigenvalue weighted by Crippen LogP contribution is 2.34. The van der Waals surface area contributed by atoms with Gasteiger partial charge in [0.1, 0.15) is 5.82 Å². The van der Waals surface area contributed by atoms with Crippen LogP contribution < -0.4 is 0 Å². The van der Waals surface area contributed by atoms with Gasteiger partial charge in [0.2, 0.25) is 11.8 Å². The van der Waals surface area contributed by atoms with Gasteiger partial charge < -0.3 is 9.80 Å². The molecule has 152 valence electrons. The predicted octanol–water partition coefficient (Wildman–Crippen LogP) is 3.37. The van der Waals surface area contributed by atoms with Gasteiger partial charge in [-0.25, -0.2) is 4.39 Å². The molecule has 1 aromatic heterocycles. The molecule has 2 aliphatic rings. The molecule has 6 heteroatoms. The molecule has 2 atom stereocenters. The highest BCUT2D eigenvalue weighted by atomic mass is 19.1. The molecular weight excluding hydrogens is 369 g/mol. The number of amides is 2. The number of aromatic nitrogens is 1. The summed E-state index contributed by atoms with van der Waals surface area (Å²) in [4.78, 5) is 33.9. The Hall–Kier alpha value is -2.76. The number of carbonyl (C=O) groups excluding carboxylic acids is 2. The van der Waals surface area contributed by atoms with Crippen LogP contribution in [0.5, 0.6) is 0 Å². The number of rotatable bonds is 4. The zero-order chi connectivity index (χ0) is 20.2. The van der Waals surface area contributed by atoms with Gasteiger partial charge in [0, 0.05) is 32.0 Å². The maximum absolute atomic E-state index is 13.3. The van der Waals surface area contributed by atoms with Crippen molar-refractivity contribution >= 4 is 11.8 Å². The molecule has 0 saturated carbocycles. The van der Waals surface area contributed by atoms with E-state index in [1.807, 2.05) is 17.0 Å². The average Bonchev–Trinajstić information content (AvgIpc) is 3.25. The highest BCUT2D eigenvalue weighted by molar-refractivity contribution is 5.83. The van der Waals surface area contributed by atoms with Crippen molar-refractivity contribution in [1.29, 1.82) is 0 Å². The van der Waals surface area contributed by atoms with Crippen molar-refractivity contribution < 1.29 is 14.0 Å². The molecule has 2 saturated heterocycles. The first-order chi connectivity index (χ1) is 14.1. The van der Waals surface area contributed by atoms with E-state index in [0.29, 0.717) is 13.1 Å². The third-order valence-electron chi connectivity index (χ3n) is 6.02. The van der Waals surface area contributed by atoms with E-state index < -0.39 is 0 Å². The van der Waals surface area contributed by atoms with Crippen LogP contribution in [0.25, 0.3) is 0 Å². The van der Waals surface area contributed by atoms with Gasteiger partial charge in [-0.3, -0.25) is 14.6 Å². The van der Waals surface area contributed by atoms with Gasteiger partial charge in [-0.1, -0.05) is 12.1 Å². The summed E-state index contributed by atoms with van der Waals surface area (Å²) in [6.07, 6.45) is 7.40. The molecule has 5 nitrogen and oxygen atoms in total. The van der Waals surface area contributed by atoms with Gasteiger partial charge in [0.15, 0.2) is 0 Å². The van der Waals surface area contributed by atoms with Crippen molar-refractivity contribution in [2.75, 3.05) is 19.6 Å². The summed E-state index contributed by atoms with van der Waals surface area (Å²) < 4.78 is 13.1. The van der Waals surface area contributed by atoms with E-state index in [2.05, 4.69) is 4.98 Å². The third kappa shape index (κ3) is 4.47. The topological polar surface area (TPSA) is 53.5 Å². The van der Waals surface area contributed by atoms with Crippen LogP contribution in [-0.2, 0) is 16.0 Å². The molecule has 0 bridgehead atoms. The Morgan fingerprint density at radius 2 is 1.72 bits per heavy atom. The second-order valence-corrected chi connectivity index (χ2v) is 7.95. The fourth-order valence-corrected chi connectivity index (χ4v) is 4.49. The van der Waals surface area contributed by atoms with Crippen LogP contribution in [-0.4, -0.2) is 46.2 Å². The molecule has 3 heterocycles. The summed E-state index contributed by atoms with van der Waals surface area (Å²) in [6, 6.07) is 10.1. The first-order valence-electron chi connectivity index (χ1n) is 10.3. The Morgan fingerprint density at radius 3 is 2.48 bits per heavy atom. The van der Waals surface area contributed by atoms with Gasteiger partial charge in [-0.05, 0) is 61.1 Å². The fourth-order valence-electron chi connectivity index (χ4n) is 4.49. The van der Waals surface area contributed by atoms with E-state index in [1.165, 1.54) is 12.1 Å². The van der Waals surface area contributed by atoms with Crippen LogP contribution in [0.1, 0.15) is 42.9 Å². The lowest BCUT2D eigenvalue weighted by Crippen LogP contribution is -2.47. The molecule has 29 heavy (non-hydrogen) atoms. The number of halogens is 1. The SMILES string of the molecule is O=C(Cc1ccc(F)cc1)N1CCC[C@@H](C(=O)N2CCC[C@H]2c2ccncc2)C1. The molecule has 0 unspecified atom stereocenters. The van der Waals surface area contributed by atoms with Crippen LogP contribution in [0.2, 0.25) is 0 Å². The second-order valence-electron chi connectivity index (χ2n) is 7.95. The molecule has 2 fully saturated rings. The van der Waals surface area contributed by atoms with Crippen molar-refractivity contribution in [2.45, 2.75) is 38.1 Å². The number of nitrogens with zero attached hydrogens (tertiary/aromatic N) is 3. The summed E-state index contributed by atoms with van der Waals surface area (Å²) in [5, 5.41) is 0. The van der Waals surface area contributed by atoms with Crippen molar-refractivity contribution in [3.05, 3.63) is 65.7 Å². The standard InChI is InChI=1S/C23H26FN3O2/c24-20-7-5-17(6-8-20)15-22(28)26-13-1-3-19(16-26)23(29)27-14-2-4-21(27)18-9-11-25-12-10-18/h5-12,19,21H,1-4,13-16H2/t19-,21+/m1/s1. The molecule has 0 N–H and O–H groups in total. The largest absolute Gasteiger partial charge is 0.342 e. The van der Waals surface area contributed by atoms with Gasteiger partial charge in [0.05, 0.1) is 18.4 Å². The maximum Gasteiger partial charge on any atom is 0.227 e. The van der Waals surface area contributed by atoms with Crippen molar-refractivity contribution in [3.63, 3.8) is 0 Å². The predicted molar refractivity (Wildman–Crippen MR) is 107 cm³/mol. The summed E-state index contributed by atoms with van der Waals surface area (Å²) in [5.74, 6) is -0.299. The number of likely N-dealkylation sites (tertiary alicyclic amines) is 2. The molecule has 0 radical (unpaired) electrons. The van der Waals surface area contributed by atoms with Gasteiger partial charge in [0.25, 0.3) is 0 Å². The number of benzene rings is 1. The quantitative estimate of drug-likeness (QED) is 0.798. The highest BCUT2D eigenvalue weighted by Gasteiger charge is 2.36. The number of carbonyl (C=O) groups is 2. The van der Waals surface area contributed by atoms with Crippen LogP contribution in [0.3, 0.4) is 0 Å². The van der Waals surface area contributed by atoms with Crippen LogP contribution in [0, 0.1) is 11.7 Å². The van der Waals surface area contributed by atoms with Gasteiger partial charge in [-0.2, -0.15) is 0 Å². The summed E-state index contributed by atoms with van der Waals surface area (Å²) in [5.41, 5.74) is 1.92. The molecule has 0 spiro atoms. The first-order valence-corrected chi connectivity index (χ1v) is 10.3. The minimum Gasteiger partial charge on any atom is -0.342 e. The van der Waals surface area contributed by atoms with E-state index >= 15 is 0 Å². The van der Waals surface area contributed by atoms with E-state index in [4.69, 9.17) is 0 Å². The van der Waals surface area contributed by atoms with E-state index in [9.17, 15) is 14.0 Å². The monoisotopic (exact) mass is 395 g/mol. The fraction of sp³-hybridized carbons (Fsp3) is 0.435. The zero-order valence-corrected chi connectivity index (χ0v) is 16.5. The van der Waals surface area contributed by atoms with Gasteiger partial charge in [-0.15, -0.1) is 0 Å². The van der Waals surface area contributed by atoms with E-state index in [-0.39, 0.29) is 36.0 Å². The van der Waals surface area contributed by atoms with Crippen LogP contribution >= 0.6 is 0 Å². The molecule has 2 aliphatic heterocycles. The van der Waals surface area contributed by atoms with Crippen LogP contribution in [0.15, 0.2) is 48.8 Å².